The van der Waals surface area contributed by atoms with E-state index in [1.165, 1.54) is 21.8 Å². The number of Topliss-reactive ketones (excluding diaryl/α,β-unsaturated/α-hetero) is 1. The van der Waals surface area contributed by atoms with Crippen LogP contribution in [-0.2, 0) is 6.42 Å². The van der Waals surface area contributed by atoms with Crippen molar-refractivity contribution < 1.29 is 4.79 Å². The van der Waals surface area contributed by atoms with E-state index in [2.05, 4.69) is 27.2 Å². The van der Waals surface area contributed by atoms with Crippen LogP contribution in [-0.4, -0.2) is 36.3 Å². The van der Waals surface area contributed by atoms with E-state index in [1.54, 1.807) is 0 Å². The largest absolute Gasteiger partial charge is 0.293 e. The number of hydrogen-bond donors (Lipinski definition) is 1. The number of aryl methyl sites for hydroxylation is 1. The molecule has 0 fully saturated rings. The van der Waals surface area contributed by atoms with E-state index in [0.29, 0.717) is 16.3 Å². The van der Waals surface area contributed by atoms with Gasteiger partial charge in [0.05, 0.1) is 5.75 Å². The van der Waals surface area contributed by atoms with Crippen LogP contribution in [0.4, 0.5) is 0 Å². The van der Waals surface area contributed by atoms with Crippen molar-refractivity contribution in [1.29, 1.82) is 0 Å². The zero-order valence-electron chi connectivity index (χ0n) is 15.1. The molecule has 0 radical (unpaired) electrons. The minimum atomic E-state index is -0.338. The van der Waals surface area contributed by atoms with Gasteiger partial charge < -0.3 is 0 Å². The molecule has 0 bridgehead atoms. The van der Waals surface area contributed by atoms with Gasteiger partial charge in [0.15, 0.2) is 11.5 Å². The molecule has 0 aliphatic heterocycles. The Kier molecular flexibility index (Phi) is 5.03. The number of thioether (sulfide) groups is 1. The van der Waals surface area contributed by atoms with Gasteiger partial charge in [-0.1, -0.05) is 73.3 Å². The fourth-order valence-electron chi connectivity index (χ4n) is 2.75. The number of nitrogens with zero attached hydrogens (tertiary/aromatic N) is 4. The highest BCUT2D eigenvalue weighted by Gasteiger charge is 2.15. The average Bonchev–Trinajstić information content (AvgIpc) is 3.13. The number of carbonyl (C=O) groups excluding carboxylic acids is 1. The second-order valence-corrected chi connectivity index (χ2v) is 7.09. The molecular formula is C20H17N5O2S. The first-order valence-corrected chi connectivity index (χ1v) is 9.80. The molecule has 4 rings (SSSR count). The Morgan fingerprint density at radius 3 is 2.54 bits per heavy atom. The van der Waals surface area contributed by atoms with Crippen molar-refractivity contribution in [2.24, 2.45) is 0 Å². The van der Waals surface area contributed by atoms with Gasteiger partial charge in [0.25, 0.3) is 11.3 Å². The smallest absolute Gasteiger partial charge is 0.279 e. The molecule has 2 heterocycles. The lowest BCUT2D eigenvalue weighted by Crippen LogP contribution is -2.15. The Balaban J connectivity index is 1.58. The van der Waals surface area contributed by atoms with Crippen LogP contribution in [0, 0.1) is 0 Å². The van der Waals surface area contributed by atoms with Gasteiger partial charge in [0, 0.05) is 11.1 Å². The van der Waals surface area contributed by atoms with Crippen LogP contribution in [0.25, 0.3) is 17.0 Å². The van der Waals surface area contributed by atoms with Crippen LogP contribution in [0.5, 0.6) is 0 Å². The Morgan fingerprint density at radius 1 is 1.07 bits per heavy atom. The fourth-order valence-corrected chi connectivity index (χ4v) is 3.53. The van der Waals surface area contributed by atoms with Crippen LogP contribution in [0.15, 0.2) is 64.5 Å². The maximum atomic E-state index is 12.5. The predicted molar refractivity (Wildman–Crippen MR) is 108 cm³/mol. The summed E-state index contributed by atoms with van der Waals surface area (Å²) in [5.41, 5.74) is 2.48. The molecule has 0 amide bonds. The lowest BCUT2D eigenvalue weighted by molar-refractivity contribution is 0.102. The van der Waals surface area contributed by atoms with E-state index in [-0.39, 0.29) is 28.6 Å². The maximum absolute atomic E-state index is 12.5. The van der Waals surface area contributed by atoms with Crippen molar-refractivity contribution in [2.75, 3.05) is 5.75 Å². The third kappa shape index (κ3) is 3.59. The molecule has 0 atom stereocenters. The number of ketones is 1. The number of aromatic nitrogens is 5. The van der Waals surface area contributed by atoms with E-state index < -0.39 is 0 Å². The molecule has 2 aromatic carbocycles. The second-order valence-electron chi connectivity index (χ2n) is 6.15. The van der Waals surface area contributed by atoms with Crippen LogP contribution >= 0.6 is 11.8 Å². The molecule has 1 N–H and O–H groups in total. The second kappa shape index (κ2) is 7.77. The minimum Gasteiger partial charge on any atom is -0.293 e. The van der Waals surface area contributed by atoms with E-state index >= 15 is 0 Å². The lowest BCUT2D eigenvalue weighted by atomic mass is 10.1. The van der Waals surface area contributed by atoms with Gasteiger partial charge in [-0.2, -0.15) is 9.61 Å². The third-order valence-electron chi connectivity index (χ3n) is 4.32. The summed E-state index contributed by atoms with van der Waals surface area (Å²) in [5.74, 6) is 0.442. The predicted octanol–water partition coefficient (Wildman–Crippen LogP) is 3.02. The standard InChI is InChI=1S/C20H17N5O2S/c1-2-13-8-10-14(11-9-13)16(26)12-28-20-23-22-19-21-18(27)17(24-25(19)20)15-6-4-3-5-7-15/h3-11H,2,12H2,1H3,(H,21,22,27). The molecule has 0 spiro atoms. The fraction of sp³-hybridized carbons (Fsp3) is 0.150. The van der Waals surface area contributed by atoms with Crippen molar-refractivity contribution in [3.63, 3.8) is 0 Å². The molecule has 7 nitrogen and oxygen atoms in total. The van der Waals surface area contributed by atoms with Crippen LogP contribution in [0.1, 0.15) is 22.8 Å². The quantitative estimate of drug-likeness (QED) is 0.401. The van der Waals surface area contributed by atoms with Gasteiger partial charge >= 0.3 is 0 Å². The van der Waals surface area contributed by atoms with Gasteiger partial charge in [0.1, 0.15) is 0 Å². The summed E-state index contributed by atoms with van der Waals surface area (Å²) in [6.07, 6.45) is 0.933. The topological polar surface area (TPSA) is 93.0 Å². The van der Waals surface area contributed by atoms with E-state index in [1.807, 2.05) is 54.6 Å². The molecule has 140 valence electrons. The van der Waals surface area contributed by atoms with Crippen molar-refractivity contribution in [2.45, 2.75) is 18.5 Å². The van der Waals surface area contributed by atoms with E-state index in [4.69, 9.17) is 0 Å². The first-order chi connectivity index (χ1) is 13.7. The number of carbonyl (C=O) groups is 1. The van der Waals surface area contributed by atoms with Gasteiger partial charge in [-0.05, 0) is 12.0 Å². The molecule has 4 aromatic rings. The summed E-state index contributed by atoms with van der Waals surface area (Å²) in [5, 5.41) is 12.8. The van der Waals surface area contributed by atoms with Gasteiger partial charge in [-0.3, -0.25) is 14.6 Å². The molecule has 2 aromatic heterocycles. The first kappa shape index (κ1) is 18.1. The van der Waals surface area contributed by atoms with E-state index in [9.17, 15) is 9.59 Å². The number of aromatic amines is 1. The Morgan fingerprint density at radius 2 is 1.82 bits per heavy atom. The number of nitrogens with one attached hydrogen (secondary N) is 1. The summed E-state index contributed by atoms with van der Waals surface area (Å²) < 4.78 is 1.46. The monoisotopic (exact) mass is 391 g/mol. The molecular weight excluding hydrogens is 374 g/mol. The number of rotatable bonds is 6. The summed E-state index contributed by atoms with van der Waals surface area (Å²) >= 11 is 1.23. The van der Waals surface area contributed by atoms with Crippen LogP contribution in [0.3, 0.4) is 0 Å². The number of benzene rings is 2. The molecule has 0 aliphatic rings. The summed E-state index contributed by atoms with van der Waals surface area (Å²) in [6.45, 7) is 2.07. The van der Waals surface area contributed by atoms with Gasteiger partial charge in [-0.25, -0.2) is 0 Å². The zero-order chi connectivity index (χ0) is 19.5. The SMILES string of the molecule is CCc1ccc(C(=O)CSc2nnc3[nH]c(=O)c(-c4ccccc4)nn23)cc1. The molecule has 0 aliphatic carbocycles. The zero-order valence-corrected chi connectivity index (χ0v) is 15.9. The highest BCUT2D eigenvalue weighted by molar-refractivity contribution is 7.99. The van der Waals surface area contributed by atoms with Crippen molar-refractivity contribution >= 4 is 23.3 Å². The highest BCUT2D eigenvalue weighted by Crippen LogP contribution is 2.19. The average molecular weight is 391 g/mol. The molecule has 28 heavy (non-hydrogen) atoms. The molecule has 0 saturated heterocycles. The Hall–Kier alpha value is -3.26. The molecule has 8 heteroatoms. The van der Waals surface area contributed by atoms with Gasteiger partial charge in [0.2, 0.25) is 5.16 Å². The van der Waals surface area contributed by atoms with Crippen molar-refractivity contribution in [1.82, 2.24) is 24.8 Å². The Bertz CT molecular complexity index is 1180. The highest BCUT2D eigenvalue weighted by atomic mass is 32.2. The number of hydrogen-bond acceptors (Lipinski definition) is 6. The summed E-state index contributed by atoms with van der Waals surface area (Å²) in [6, 6.07) is 16.8. The summed E-state index contributed by atoms with van der Waals surface area (Å²) in [4.78, 5) is 27.4. The Labute approximate surface area is 164 Å². The van der Waals surface area contributed by atoms with Crippen LogP contribution in [0.2, 0.25) is 0 Å². The normalized spacial score (nSPS) is 11.0. The maximum Gasteiger partial charge on any atom is 0.279 e. The van der Waals surface area contributed by atoms with Crippen molar-refractivity contribution in [3.8, 4) is 11.3 Å². The van der Waals surface area contributed by atoms with Gasteiger partial charge in [-0.15, -0.1) is 10.2 Å². The number of H-pyrrole nitrogens is 1. The summed E-state index contributed by atoms with van der Waals surface area (Å²) in [7, 11) is 0. The first-order valence-electron chi connectivity index (χ1n) is 8.82. The van der Waals surface area contributed by atoms with Crippen LogP contribution < -0.4 is 5.56 Å². The molecule has 0 saturated carbocycles. The lowest BCUT2D eigenvalue weighted by Gasteiger charge is -2.03. The number of fused-ring (bicyclic) bond motifs is 1. The van der Waals surface area contributed by atoms with E-state index in [0.717, 1.165) is 6.42 Å². The minimum absolute atomic E-state index is 0.00268. The van der Waals surface area contributed by atoms with Crippen molar-refractivity contribution in [3.05, 3.63) is 76.1 Å². The molecule has 0 unspecified atom stereocenters. The third-order valence-corrected chi connectivity index (χ3v) is 5.24.